The molecule has 0 nitrogen and oxygen atoms in total. The normalized spacial score (nSPS) is 13.7. The van der Waals surface area contributed by atoms with E-state index >= 15 is 0 Å². The van der Waals surface area contributed by atoms with Crippen molar-refractivity contribution in [2.45, 2.75) is 39.3 Å². The van der Waals surface area contributed by atoms with Crippen molar-refractivity contribution >= 4 is 131 Å². The van der Waals surface area contributed by atoms with E-state index in [2.05, 4.69) is 72.8 Å². The maximum Gasteiger partial charge on any atom is 0.0923 e. The highest BCUT2D eigenvalue weighted by Crippen LogP contribution is 2.51. The van der Waals surface area contributed by atoms with Crippen LogP contribution in [0.15, 0.2) is 22.2 Å². The Morgan fingerprint density at radius 1 is 0.600 bits per heavy atom. The van der Waals surface area contributed by atoms with Crippen molar-refractivity contribution in [1.29, 1.82) is 0 Å². The second kappa shape index (κ2) is 6.60. The average molecular weight is 535 g/mol. The van der Waals surface area contributed by atoms with Crippen LogP contribution in [0.1, 0.15) is 0 Å². The summed E-state index contributed by atoms with van der Waals surface area (Å²) in [6.07, 6.45) is 0. The van der Waals surface area contributed by atoms with E-state index in [1.165, 1.54) is 44.7 Å². The van der Waals surface area contributed by atoms with Crippen LogP contribution in [-0.4, -0.2) is 16.1 Å². The summed E-state index contributed by atoms with van der Waals surface area (Å²) in [6, 6.07) is 2.53. The van der Waals surface area contributed by atoms with Crippen molar-refractivity contribution in [2.75, 3.05) is 0 Å². The zero-order valence-electron chi connectivity index (χ0n) is 17.8. The van der Waals surface area contributed by atoms with E-state index < -0.39 is 16.1 Å². The fourth-order valence-electron chi connectivity index (χ4n) is 4.05. The number of thiophene rings is 6. The van der Waals surface area contributed by atoms with Crippen LogP contribution in [-0.2, 0) is 0 Å². The SMILES string of the molecule is C[Si](C)(C)c1cc2c(s1)sc1scc(-c3csc4sc5c([Si](C)(C)C)scc5c34)c12. The van der Waals surface area contributed by atoms with Crippen LogP contribution in [0.4, 0.5) is 0 Å². The Labute approximate surface area is 202 Å². The first-order chi connectivity index (χ1) is 14.1. The molecular formula is C22H22S6Si2. The van der Waals surface area contributed by atoms with E-state index in [4.69, 9.17) is 0 Å². The van der Waals surface area contributed by atoms with Crippen LogP contribution in [0.2, 0.25) is 39.3 Å². The van der Waals surface area contributed by atoms with Gasteiger partial charge in [0, 0.05) is 52.6 Å². The van der Waals surface area contributed by atoms with Crippen molar-refractivity contribution in [3.8, 4) is 11.1 Å². The molecule has 8 heteroatoms. The van der Waals surface area contributed by atoms with Crippen molar-refractivity contribution in [1.82, 2.24) is 0 Å². The van der Waals surface area contributed by atoms with Crippen molar-refractivity contribution in [2.24, 2.45) is 0 Å². The van der Waals surface area contributed by atoms with Gasteiger partial charge in [0.15, 0.2) is 0 Å². The highest BCUT2D eigenvalue weighted by Gasteiger charge is 2.27. The molecule has 0 aliphatic carbocycles. The van der Waals surface area contributed by atoms with E-state index in [0.717, 1.165) is 0 Å². The number of hydrogen-bond acceptors (Lipinski definition) is 6. The molecule has 0 amide bonds. The second-order valence-electron chi connectivity index (χ2n) is 9.95. The summed E-state index contributed by atoms with van der Waals surface area (Å²) in [4.78, 5) is 0. The Morgan fingerprint density at radius 3 is 1.87 bits per heavy atom. The lowest BCUT2D eigenvalue weighted by molar-refractivity contribution is 1.79. The fourth-order valence-corrected chi connectivity index (χ4v) is 16.8. The molecule has 0 saturated carbocycles. The predicted octanol–water partition coefficient (Wildman–Crippen LogP) is 9.43. The molecule has 0 aliphatic rings. The molecule has 30 heavy (non-hydrogen) atoms. The Balaban J connectivity index is 1.63. The van der Waals surface area contributed by atoms with Gasteiger partial charge in [-0.25, -0.2) is 0 Å². The topological polar surface area (TPSA) is 0 Å². The lowest BCUT2D eigenvalue weighted by Gasteiger charge is -2.12. The summed E-state index contributed by atoms with van der Waals surface area (Å²) in [5, 5.41) is 13.3. The van der Waals surface area contributed by atoms with E-state index in [-0.39, 0.29) is 0 Å². The maximum absolute atomic E-state index is 2.53. The quantitative estimate of drug-likeness (QED) is 0.198. The number of hydrogen-bond donors (Lipinski definition) is 0. The van der Waals surface area contributed by atoms with Crippen molar-refractivity contribution in [3.63, 3.8) is 0 Å². The van der Waals surface area contributed by atoms with Gasteiger partial charge in [0.2, 0.25) is 0 Å². The minimum absolute atomic E-state index is 1.28. The van der Waals surface area contributed by atoms with Gasteiger partial charge in [-0.2, -0.15) is 11.3 Å². The molecule has 0 atom stereocenters. The van der Waals surface area contributed by atoms with Crippen LogP contribution in [0, 0.1) is 0 Å². The molecule has 6 aromatic rings. The molecule has 154 valence electrons. The number of fused-ring (bicyclic) bond motifs is 6. The van der Waals surface area contributed by atoms with E-state index in [0.29, 0.717) is 0 Å². The minimum Gasteiger partial charge on any atom is -0.151 e. The summed E-state index contributed by atoms with van der Waals surface area (Å²) < 4.78 is 9.39. The maximum atomic E-state index is 2.53. The lowest BCUT2D eigenvalue weighted by atomic mass is 10.0. The molecular weight excluding hydrogens is 513 g/mol. The monoisotopic (exact) mass is 534 g/mol. The van der Waals surface area contributed by atoms with E-state index in [9.17, 15) is 0 Å². The standard InChI is InChI=1S/C22H22S6Si2/c1-29(2,3)15-7-11-16-12(8-24-21(16)28-19(11)26-15)13-9-23-20-17(13)14-10-25-22(18(14)27-20)30(4,5)6/h7-10H,1-6H3. The Morgan fingerprint density at radius 2 is 1.23 bits per heavy atom. The van der Waals surface area contributed by atoms with Gasteiger partial charge in [-0.05, 0) is 15.9 Å². The highest BCUT2D eigenvalue weighted by atomic mass is 32.2. The molecule has 0 aliphatic heterocycles. The first-order valence-corrected chi connectivity index (χ1v) is 22.1. The highest BCUT2D eigenvalue weighted by molar-refractivity contribution is 7.51. The molecule has 0 aromatic carbocycles. The van der Waals surface area contributed by atoms with Crippen LogP contribution >= 0.6 is 68.0 Å². The molecule has 0 unspecified atom stereocenters. The van der Waals surface area contributed by atoms with Crippen molar-refractivity contribution in [3.05, 3.63) is 22.2 Å². The first-order valence-electron chi connectivity index (χ1n) is 9.99. The van der Waals surface area contributed by atoms with Crippen LogP contribution in [0.3, 0.4) is 0 Å². The zero-order chi connectivity index (χ0) is 21.0. The molecule has 0 radical (unpaired) electrons. The first kappa shape index (κ1) is 20.3. The summed E-state index contributed by atoms with van der Waals surface area (Å²) in [7, 11) is -2.58. The van der Waals surface area contributed by atoms with Gasteiger partial charge in [0.05, 0.1) is 28.2 Å². The van der Waals surface area contributed by atoms with Gasteiger partial charge in [-0.3, -0.25) is 0 Å². The van der Waals surface area contributed by atoms with Gasteiger partial charge < -0.3 is 0 Å². The molecule has 0 fully saturated rings. The summed E-state index contributed by atoms with van der Waals surface area (Å²) in [5.41, 5.74) is 2.93. The Kier molecular flexibility index (Phi) is 4.47. The van der Waals surface area contributed by atoms with Crippen LogP contribution in [0.25, 0.3) is 49.4 Å². The average Bonchev–Trinajstić information content (AvgIpc) is 3.39. The van der Waals surface area contributed by atoms with Crippen LogP contribution < -0.4 is 9.00 Å². The van der Waals surface area contributed by atoms with Crippen molar-refractivity contribution < 1.29 is 0 Å². The van der Waals surface area contributed by atoms with Gasteiger partial charge in [-0.1, -0.05) is 39.3 Å². The molecule has 6 heterocycles. The molecule has 0 N–H and O–H groups in total. The third-order valence-corrected chi connectivity index (χ3v) is 19.9. The lowest BCUT2D eigenvalue weighted by Crippen LogP contribution is -2.35. The van der Waals surface area contributed by atoms with Crippen LogP contribution in [0.5, 0.6) is 0 Å². The summed E-state index contributed by atoms with van der Waals surface area (Å²) in [5.74, 6) is 0. The molecule has 6 rings (SSSR count). The zero-order valence-corrected chi connectivity index (χ0v) is 24.7. The minimum atomic E-state index is -1.31. The molecule has 0 saturated heterocycles. The van der Waals surface area contributed by atoms with Gasteiger partial charge in [-0.15, -0.1) is 56.7 Å². The Hall–Kier alpha value is -0.326. The second-order valence-corrected chi connectivity index (χ2v) is 27.2. The fraction of sp³-hybridized carbons (Fsp3) is 0.273. The van der Waals surface area contributed by atoms with Gasteiger partial charge >= 0.3 is 0 Å². The van der Waals surface area contributed by atoms with E-state index in [1.807, 2.05) is 56.7 Å². The predicted molar refractivity (Wildman–Crippen MR) is 155 cm³/mol. The third kappa shape index (κ3) is 2.88. The summed E-state index contributed by atoms with van der Waals surface area (Å²) in [6.45, 7) is 14.8. The van der Waals surface area contributed by atoms with E-state index in [1.54, 1.807) is 13.7 Å². The molecule has 0 bridgehead atoms. The molecule has 0 spiro atoms. The largest absolute Gasteiger partial charge is 0.151 e. The van der Waals surface area contributed by atoms with Gasteiger partial charge in [0.1, 0.15) is 0 Å². The summed E-state index contributed by atoms with van der Waals surface area (Å²) >= 11 is 12.0. The Bertz CT molecular complexity index is 1550. The third-order valence-electron chi connectivity index (χ3n) is 5.59. The number of rotatable bonds is 3. The van der Waals surface area contributed by atoms with Gasteiger partial charge in [0.25, 0.3) is 0 Å². The smallest absolute Gasteiger partial charge is 0.0923 e. The molecule has 6 aromatic heterocycles.